The van der Waals surface area contributed by atoms with Crippen LogP contribution in [0.15, 0.2) is 55.4 Å². The quantitative estimate of drug-likeness (QED) is 0.596. The minimum Gasteiger partial charge on any atom is -0.352 e. The van der Waals surface area contributed by atoms with Crippen molar-refractivity contribution in [1.82, 2.24) is 14.9 Å². The fourth-order valence-corrected chi connectivity index (χ4v) is 3.83. The number of nitrogens with zero attached hydrogens (tertiary/aromatic N) is 4. The highest BCUT2D eigenvalue weighted by atomic mass is 35.5. The van der Waals surface area contributed by atoms with Gasteiger partial charge >= 0.3 is 0 Å². The zero-order valence-corrected chi connectivity index (χ0v) is 16.6. The van der Waals surface area contributed by atoms with Crippen molar-refractivity contribution in [3.8, 4) is 11.1 Å². The lowest BCUT2D eigenvalue weighted by Crippen LogP contribution is -2.48. The van der Waals surface area contributed by atoms with Crippen LogP contribution in [0, 0.1) is 0 Å². The normalized spacial score (nSPS) is 14.4. The first-order valence-electron chi connectivity index (χ1n) is 8.93. The Kier molecular flexibility index (Phi) is 5.20. The van der Waals surface area contributed by atoms with Crippen molar-refractivity contribution in [3.63, 3.8) is 0 Å². The zero-order valence-electron chi connectivity index (χ0n) is 15.1. The first-order chi connectivity index (χ1) is 13.6. The summed E-state index contributed by atoms with van der Waals surface area (Å²) in [4.78, 5) is 24.7. The molecular weight excluding hydrogens is 395 g/mol. The number of benzene rings is 2. The van der Waals surface area contributed by atoms with Crippen LogP contribution in [0.1, 0.15) is 0 Å². The van der Waals surface area contributed by atoms with Gasteiger partial charge < -0.3 is 9.80 Å². The molecule has 1 fully saturated rings. The first kappa shape index (κ1) is 18.7. The molecule has 0 radical (unpaired) electrons. The van der Waals surface area contributed by atoms with E-state index in [1.54, 1.807) is 11.2 Å². The van der Waals surface area contributed by atoms with Crippen LogP contribution in [-0.2, 0) is 4.79 Å². The van der Waals surface area contributed by atoms with Crippen LogP contribution >= 0.6 is 23.2 Å². The third-order valence-electron chi connectivity index (χ3n) is 4.92. The van der Waals surface area contributed by atoms with Gasteiger partial charge in [0, 0.05) is 42.2 Å². The number of hydrogen-bond acceptors (Lipinski definition) is 4. The fraction of sp³-hybridized carbons (Fsp3) is 0.190. The Labute approximate surface area is 173 Å². The van der Waals surface area contributed by atoms with E-state index in [-0.39, 0.29) is 5.91 Å². The molecule has 7 heteroatoms. The standard InChI is InChI=1S/C21H18Cl2N4O/c1-2-20(28)26-7-9-27(10-8-26)21-17-11-16(14-3-5-15(22)6-4-14)18(23)12-19(17)24-13-25-21/h2-6,11-13H,1,7-10H2. The number of halogens is 2. The van der Waals surface area contributed by atoms with E-state index in [1.807, 2.05) is 36.4 Å². The van der Waals surface area contributed by atoms with Gasteiger partial charge in [-0.05, 0) is 35.9 Å². The van der Waals surface area contributed by atoms with E-state index in [9.17, 15) is 4.79 Å². The predicted octanol–water partition coefficient (Wildman–Crippen LogP) is 4.44. The Morgan fingerprint density at radius 3 is 2.43 bits per heavy atom. The average molecular weight is 413 g/mol. The molecule has 1 saturated heterocycles. The third kappa shape index (κ3) is 3.55. The summed E-state index contributed by atoms with van der Waals surface area (Å²) in [6.07, 6.45) is 2.91. The zero-order chi connectivity index (χ0) is 19.7. The molecule has 3 aromatic rings. The van der Waals surface area contributed by atoms with Crippen molar-refractivity contribution in [3.05, 3.63) is 65.4 Å². The molecule has 4 rings (SSSR count). The maximum absolute atomic E-state index is 11.8. The molecule has 1 aliphatic heterocycles. The van der Waals surface area contributed by atoms with E-state index < -0.39 is 0 Å². The average Bonchev–Trinajstić information content (AvgIpc) is 2.73. The van der Waals surface area contributed by atoms with Crippen LogP contribution in [0.2, 0.25) is 10.0 Å². The first-order valence-corrected chi connectivity index (χ1v) is 9.69. The Morgan fingerprint density at radius 1 is 1.04 bits per heavy atom. The lowest BCUT2D eigenvalue weighted by Gasteiger charge is -2.35. The van der Waals surface area contributed by atoms with Crippen molar-refractivity contribution in [2.45, 2.75) is 0 Å². The molecule has 1 aromatic heterocycles. The minimum atomic E-state index is -0.0380. The molecular formula is C21H18Cl2N4O. The topological polar surface area (TPSA) is 49.3 Å². The summed E-state index contributed by atoms with van der Waals surface area (Å²) in [5, 5.41) is 2.23. The van der Waals surface area contributed by atoms with Gasteiger partial charge in [0.1, 0.15) is 12.1 Å². The summed E-state index contributed by atoms with van der Waals surface area (Å²) < 4.78 is 0. The molecule has 0 saturated carbocycles. The lowest BCUT2D eigenvalue weighted by atomic mass is 10.0. The summed E-state index contributed by atoms with van der Waals surface area (Å²) >= 11 is 12.5. The van der Waals surface area contributed by atoms with Gasteiger partial charge in [0.15, 0.2) is 0 Å². The van der Waals surface area contributed by atoms with Gasteiger partial charge in [-0.1, -0.05) is 41.9 Å². The molecule has 1 amide bonds. The van der Waals surface area contributed by atoms with Gasteiger partial charge in [0.2, 0.25) is 5.91 Å². The molecule has 0 unspecified atom stereocenters. The highest BCUT2D eigenvalue weighted by Crippen LogP contribution is 2.35. The van der Waals surface area contributed by atoms with Gasteiger partial charge in [-0.15, -0.1) is 0 Å². The van der Waals surface area contributed by atoms with Crippen molar-refractivity contribution in [1.29, 1.82) is 0 Å². The van der Waals surface area contributed by atoms with Crippen LogP contribution in [0.5, 0.6) is 0 Å². The number of piperazine rings is 1. The molecule has 0 N–H and O–H groups in total. The summed E-state index contributed by atoms with van der Waals surface area (Å²) in [6.45, 7) is 6.22. The maximum Gasteiger partial charge on any atom is 0.246 e. The third-order valence-corrected chi connectivity index (χ3v) is 5.49. The highest BCUT2D eigenvalue weighted by Gasteiger charge is 2.22. The molecule has 142 valence electrons. The number of hydrogen-bond donors (Lipinski definition) is 0. The Morgan fingerprint density at radius 2 is 1.75 bits per heavy atom. The summed E-state index contributed by atoms with van der Waals surface area (Å²) in [5.74, 6) is 0.812. The second-order valence-electron chi connectivity index (χ2n) is 6.57. The molecule has 0 spiro atoms. The molecule has 5 nitrogen and oxygen atoms in total. The van der Waals surface area contributed by atoms with Crippen LogP contribution < -0.4 is 4.90 Å². The van der Waals surface area contributed by atoms with Crippen molar-refractivity contribution >= 4 is 45.8 Å². The number of rotatable bonds is 3. The number of aromatic nitrogens is 2. The van der Waals surface area contributed by atoms with Crippen LogP contribution in [0.25, 0.3) is 22.0 Å². The van der Waals surface area contributed by atoms with Crippen molar-refractivity contribution < 1.29 is 4.79 Å². The van der Waals surface area contributed by atoms with E-state index >= 15 is 0 Å². The molecule has 0 bridgehead atoms. The molecule has 2 heterocycles. The SMILES string of the molecule is C=CC(=O)N1CCN(c2ncnc3cc(Cl)c(-c4ccc(Cl)cc4)cc23)CC1. The largest absolute Gasteiger partial charge is 0.352 e. The molecule has 0 aliphatic carbocycles. The Hall–Kier alpha value is -2.63. The van der Waals surface area contributed by atoms with Gasteiger partial charge in [0.05, 0.1) is 10.5 Å². The Balaban J connectivity index is 1.72. The number of fused-ring (bicyclic) bond motifs is 1. The number of anilines is 1. The molecule has 28 heavy (non-hydrogen) atoms. The van der Waals surface area contributed by atoms with Gasteiger partial charge in [0.25, 0.3) is 0 Å². The fourth-order valence-electron chi connectivity index (χ4n) is 3.43. The smallest absolute Gasteiger partial charge is 0.246 e. The molecule has 2 aromatic carbocycles. The van der Waals surface area contributed by atoms with Crippen LogP contribution in [0.4, 0.5) is 5.82 Å². The predicted molar refractivity (Wildman–Crippen MR) is 114 cm³/mol. The van der Waals surface area contributed by atoms with Gasteiger partial charge in [-0.25, -0.2) is 9.97 Å². The van der Waals surface area contributed by atoms with Gasteiger partial charge in [-0.2, -0.15) is 0 Å². The second kappa shape index (κ2) is 7.78. The van der Waals surface area contributed by atoms with Crippen molar-refractivity contribution in [2.24, 2.45) is 0 Å². The van der Waals surface area contributed by atoms with E-state index in [0.717, 1.165) is 27.8 Å². The highest BCUT2D eigenvalue weighted by molar-refractivity contribution is 6.34. The van der Waals surface area contributed by atoms with Crippen LogP contribution in [-0.4, -0.2) is 47.0 Å². The van der Waals surface area contributed by atoms with E-state index in [2.05, 4.69) is 21.4 Å². The summed E-state index contributed by atoms with van der Waals surface area (Å²) in [5.41, 5.74) is 2.67. The van der Waals surface area contributed by atoms with E-state index in [4.69, 9.17) is 23.2 Å². The molecule has 0 atom stereocenters. The summed E-state index contributed by atoms with van der Waals surface area (Å²) in [6, 6.07) is 11.5. The second-order valence-corrected chi connectivity index (χ2v) is 7.41. The minimum absolute atomic E-state index is 0.0380. The molecule has 1 aliphatic rings. The van der Waals surface area contributed by atoms with Crippen LogP contribution in [0.3, 0.4) is 0 Å². The van der Waals surface area contributed by atoms with E-state index in [0.29, 0.717) is 36.2 Å². The van der Waals surface area contributed by atoms with Gasteiger partial charge in [-0.3, -0.25) is 4.79 Å². The lowest BCUT2D eigenvalue weighted by molar-refractivity contribution is -0.126. The summed E-state index contributed by atoms with van der Waals surface area (Å²) in [7, 11) is 0. The maximum atomic E-state index is 11.8. The Bertz CT molecular complexity index is 1040. The number of amides is 1. The number of carbonyl (C=O) groups is 1. The van der Waals surface area contributed by atoms with Crippen molar-refractivity contribution in [2.75, 3.05) is 31.1 Å². The van der Waals surface area contributed by atoms with E-state index in [1.165, 1.54) is 6.08 Å². The number of carbonyl (C=O) groups excluding carboxylic acids is 1. The monoisotopic (exact) mass is 412 g/mol.